The zero-order valence-electron chi connectivity index (χ0n) is 11.1. The number of rotatable bonds is 4. The van der Waals surface area contributed by atoms with Crippen LogP contribution in [0.25, 0.3) is 0 Å². The van der Waals surface area contributed by atoms with Gasteiger partial charge in [-0.05, 0) is 25.2 Å². The average Bonchev–Trinajstić information content (AvgIpc) is 2.71. The molecule has 4 heteroatoms. The zero-order chi connectivity index (χ0) is 12.1. The maximum absolute atomic E-state index is 5.23. The maximum Gasteiger partial charge on any atom is 0.193 e. The van der Waals surface area contributed by atoms with Crippen LogP contribution in [0.3, 0.4) is 0 Å². The Hall–Kier alpha value is -0.770. The molecule has 0 aromatic carbocycles. The molecule has 4 nitrogen and oxygen atoms in total. The van der Waals surface area contributed by atoms with Gasteiger partial charge in [0.15, 0.2) is 5.96 Å². The van der Waals surface area contributed by atoms with Crippen LogP contribution in [0.5, 0.6) is 0 Å². The predicted octanol–water partition coefficient (Wildman–Crippen LogP) is 1.33. The van der Waals surface area contributed by atoms with Crippen molar-refractivity contribution in [2.75, 3.05) is 40.4 Å². The number of nitrogens with zero attached hydrogens (tertiary/aromatic N) is 2. The van der Waals surface area contributed by atoms with E-state index in [9.17, 15) is 0 Å². The van der Waals surface area contributed by atoms with Gasteiger partial charge in [0.2, 0.25) is 0 Å². The lowest BCUT2D eigenvalue weighted by Crippen LogP contribution is -2.43. The van der Waals surface area contributed by atoms with Crippen LogP contribution in [0.4, 0.5) is 0 Å². The molecule has 1 unspecified atom stereocenters. The van der Waals surface area contributed by atoms with Gasteiger partial charge >= 0.3 is 0 Å². The number of nitrogens with one attached hydrogen (secondary N) is 1. The molecule has 0 amide bonds. The van der Waals surface area contributed by atoms with Gasteiger partial charge in [0.1, 0.15) is 0 Å². The Morgan fingerprint density at radius 3 is 2.76 bits per heavy atom. The molecule has 2 rings (SSSR count). The molecule has 0 aromatic rings. The van der Waals surface area contributed by atoms with E-state index < -0.39 is 0 Å². The van der Waals surface area contributed by atoms with Crippen LogP contribution in [-0.2, 0) is 4.74 Å². The summed E-state index contributed by atoms with van der Waals surface area (Å²) in [6.45, 7) is 4.16. The molecular weight excluding hydrogens is 214 g/mol. The number of aliphatic imine (C=N–C) groups is 1. The van der Waals surface area contributed by atoms with Crippen LogP contribution in [0.1, 0.15) is 25.7 Å². The first-order chi connectivity index (χ1) is 8.33. The highest BCUT2D eigenvalue weighted by Gasteiger charge is 2.25. The monoisotopic (exact) mass is 239 g/mol. The second kappa shape index (κ2) is 6.24. The second-order valence-corrected chi connectivity index (χ2v) is 5.28. The molecule has 2 fully saturated rings. The van der Waals surface area contributed by atoms with E-state index in [1.54, 1.807) is 7.11 Å². The van der Waals surface area contributed by atoms with Gasteiger partial charge in [-0.2, -0.15) is 0 Å². The minimum atomic E-state index is 0.669. The summed E-state index contributed by atoms with van der Waals surface area (Å²) < 4.78 is 5.23. The fourth-order valence-corrected chi connectivity index (χ4v) is 2.66. The SMILES string of the molecule is CN=C(NCC1CCC1)N1CCC(COC)C1. The lowest BCUT2D eigenvalue weighted by Gasteiger charge is -2.28. The van der Waals surface area contributed by atoms with Crippen LogP contribution in [-0.4, -0.2) is 51.3 Å². The van der Waals surface area contributed by atoms with Crippen LogP contribution in [0, 0.1) is 11.8 Å². The Labute approximate surface area is 104 Å². The Bertz CT molecular complexity index is 263. The van der Waals surface area contributed by atoms with E-state index in [0.29, 0.717) is 5.92 Å². The molecule has 1 atom stereocenters. The van der Waals surface area contributed by atoms with E-state index in [1.807, 2.05) is 7.05 Å². The normalized spacial score (nSPS) is 26.1. The number of hydrogen-bond acceptors (Lipinski definition) is 2. The zero-order valence-corrected chi connectivity index (χ0v) is 11.1. The van der Waals surface area contributed by atoms with Crippen molar-refractivity contribution < 1.29 is 4.74 Å². The number of hydrogen-bond donors (Lipinski definition) is 1. The van der Waals surface area contributed by atoms with Gasteiger partial charge in [-0.3, -0.25) is 4.99 Å². The largest absolute Gasteiger partial charge is 0.384 e. The summed E-state index contributed by atoms with van der Waals surface area (Å²) in [6.07, 6.45) is 5.40. The summed E-state index contributed by atoms with van der Waals surface area (Å²) in [5, 5.41) is 3.51. The van der Waals surface area contributed by atoms with Crippen LogP contribution in [0.15, 0.2) is 4.99 Å². The van der Waals surface area contributed by atoms with Gasteiger partial charge < -0.3 is 15.0 Å². The second-order valence-electron chi connectivity index (χ2n) is 5.28. The first kappa shape index (κ1) is 12.7. The molecule has 0 bridgehead atoms. The fraction of sp³-hybridized carbons (Fsp3) is 0.923. The van der Waals surface area contributed by atoms with Crippen molar-refractivity contribution in [3.8, 4) is 0 Å². The summed E-state index contributed by atoms with van der Waals surface area (Å²) in [5.41, 5.74) is 0. The Morgan fingerprint density at radius 1 is 1.35 bits per heavy atom. The summed E-state index contributed by atoms with van der Waals surface area (Å²) >= 11 is 0. The fourth-order valence-electron chi connectivity index (χ4n) is 2.66. The minimum absolute atomic E-state index is 0.669. The molecular formula is C13H25N3O. The molecule has 1 saturated heterocycles. The molecule has 1 heterocycles. The lowest BCUT2D eigenvalue weighted by atomic mass is 9.85. The molecule has 1 saturated carbocycles. The molecule has 2 aliphatic rings. The summed E-state index contributed by atoms with van der Waals surface area (Å²) in [6, 6.07) is 0. The first-order valence-corrected chi connectivity index (χ1v) is 6.78. The third-order valence-corrected chi connectivity index (χ3v) is 3.97. The molecule has 0 spiro atoms. The number of ether oxygens (including phenoxy) is 1. The van der Waals surface area contributed by atoms with Crippen molar-refractivity contribution in [2.24, 2.45) is 16.8 Å². The quantitative estimate of drug-likeness (QED) is 0.594. The lowest BCUT2D eigenvalue weighted by molar-refractivity contribution is 0.157. The molecule has 17 heavy (non-hydrogen) atoms. The van der Waals surface area contributed by atoms with Crippen LogP contribution in [0.2, 0.25) is 0 Å². The summed E-state index contributed by atoms with van der Waals surface area (Å²) in [7, 11) is 3.67. The minimum Gasteiger partial charge on any atom is -0.384 e. The third kappa shape index (κ3) is 3.35. The standard InChI is InChI=1S/C13H25N3O/c1-14-13(15-8-11-4-3-5-11)16-7-6-12(9-16)10-17-2/h11-12H,3-10H2,1-2H3,(H,14,15). The van der Waals surface area contributed by atoms with E-state index in [-0.39, 0.29) is 0 Å². The summed E-state index contributed by atoms with van der Waals surface area (Å²) in [5.74, 6) is 2.63. The van der Waals surface area contributed by atoms with Gasteiger partial charge in [-0.15, -0.1) is 0 Å². The van der Waals surface area contributed by atoms with E-state index in [1.165, 1.54) is 25.7 Å². The third-order valence-electron chi connectivity index (χ3n) is 3.97. The number of guanidine groups is 1. The van der Waals surface area contributed by atoms with E-state index in [2.05, 4.69) is 15.2 Å². The van der Waals surface area contributed by atoms with Crippen LogP contribution < -0.4 is 5.32 Å². The highest BCUT2D eigenvalue weighted by molar-refractivity contribution is 5.80. The van der Waals surface area contributed by atoms with E-state index >= 15 is 0 Å². The van der Waals surface area contributed by atoms with Crippen molar-refractivity contribution in [1.29, 1.82) is 0 Å². The number of likely N-dealkylation sites (tertiary alicyclic amines) is 1. The highest BCUT2D eigenvalue weighted by atomic mass is 16.5. The molecule has 0 radical (unpaired) electrons. The van der Waals surface area contributed by atoms with Crippen molar-refractivity contribution in [1.82, 2.24) is 10.2 Å². The van der Waals surface area contributed by atoms with Gasteiger partial charge in [-0.25, -0.2) is 0 Å². The molecule has 1 aliphatic carbocycles. The Balaban J connectivity index is 1.74. The molecule has 0 aromatic heterocycles. The van der Waals surface area contributed by atoms with Gasteiger partial charge in [0.05, 0.1) is 6.61 Å². The van der Waals surface area contributed by atoms with Crippen LogP contribution >= 0.6 is 0 Å². The first-order valence-electron chi connectivity index (χ1n) is 6.78. The summed E-state index contributed by atoms with van der Waals surface area (Å²) in [4.78, 5) is 6.75. The van der Waals surface area contributed by atoms with Gasteiger partial charge in [0, 0.05) is 39.7 Å². The van der Waals surface area contributed by atoms with Gasteiger partial charge in [0.25, 0.3) is 0 Å². The number of methoxy groups -OCH3 is 1. The van der Waals surface area contributed by atoms with E-state index in [4.69, 9.17) is 4.74 Å². The smallest absolute Gasteiger partial charge is 0.193 e. The van der Waals surface area contributed by atoms with Crippen molar-refractivity contribution in [3.05, 3.63) is 0 Å². The van der Waals surface area contributed by atoms with Crippen molar-refractivity contribution >= 4 is 5.96 Å². The van der Waals surface area contributed by atoms with Crippen molar-refractivity contribution in [2.45, 2.75) is 25.7 Å². The molecule has 1 aliphatic heterocycles. The average molecular weight is 239 g/mol. The predicted molar refractivity (Wildman–Crippen MR) is 70.3 cm³/mol. The Morgan fingerprint density at radius 2 is 2.18 bits per heavy atom. The van der Waals surface area contributed by atoms with E-state index in [0.717, 1.165) is 38.1 Å². The van der Waals surface area contributed by atoms with Crippen molar-refractivity contribution in [3.63, 3.8) is 0 Å². The molecule has 1 N–H and O–H groups in total. The maximum atomic E-state index is 5.23. The van der Waals surface area contributed by atoms with Gasteiger partial charge in [-0.1, -0.05) is 6.42 Å². The highest BCUT2D eigenvalue weighted by Crippen LogP contribution is 2.25. The molecule has 98 valence electrons. The Kier molecular flexibility index (Phi) is 4.66. The topological polar surface area (TPSA) is 36.9 Å².